The van der Waals surface area contributed by atoms with Gasteiger partial charge in [0.15, 0.2) is 4.32 Å². The van der Waals surface area contributed by atoms with Crippen molar-refractivity contribution < 1.29 is 9.53 Å². The Kier molecular flexibility index (Phi) is 7.06. The van der Waals surface area contributed by atoms with Crippen molar-refractivity contribution >= 4 is 52.2 Å². The minimum atomic E-state index is -0.216. The molecule has 1 aliphatic rings. The summed E-state index contributed by atoms with van der Waals surface area (Å²) in [5.74, 6) is 0.554. The summed E-state index contributed by atoms with van der Waals surface area (Å²) in [4.78, 5) is 15.5. The second-order valence-electron chi connectivity index (χ2n) is 6.28. The lowest BCUT2D eigenvalue weighted by atomic mass is 10.2. The third-order valence-corrected chi connectivity index (χ3v) is 5.81. The van der Waals surface area contributed by atoms with Crippen LogP contribution in [-0.4, -0.2) is 41.7 Å². The Morgan fingerprint density at radius 2 is 1.69 bits per heavy atom. The van der Waals surface area contributed by atoms with E-state index in [2.05, 4.69) is 36.0 Å². The summed E-state index contributed by atoms with van der Waals surface area (Å²) >= 11 is 6.59. The number of rotatable bonds is 7. The number of carbonyl (C=O) groups is 1. The number of hydrogen-bond donors (Lipinski definition) is 0. The summed E-state index contributed by atoms with van der Waals surface area (Å²) in [5.41, 5.74) is 2.98. The molecule has 2 aromatic rings. The number of hydrogen-bond acceptors (Lipinski definition) is 6. The van der Waals surface area contributed by atoms with Crippen molar-refractivity contribution in [3.8, 4) is 5.75 Å². The number of methoxy groups -OCH3 is 1. The van der Waals surface area contributed by atoms with E-state index in [0.29, 0.717) is 9.23 Å². The highest BCUT2D eigenvalue weighted by atomic mass is 32.2. The van der Waals surface area contributed by atoms with Crippen molar-refractivity contribution in [2.75, 3.05) is 25.1 Å². The molecule has 1 amide bonds. The number of thiocarbonyl (C=S) groups is 1. The van der Waals surface area contributed by atoms with Crippen LogP contribution in [0.15, 0.2) is 58.5 Å². The summed E-state index contributed by atoms with van der Waals surface area (Å²) < 4.78 is 5.58. The fraction of sp³-hybridized carbons (Fsp3) is 0.227. The fourth-order valence-corrected chi connectivity index (χ4v) is 4.07. The van der Waals surface area contributed by atoms with Crippen LogP contribution < -0.4 is 9.64 Å². The van der Waals surface area contributed by atoms with Crippen LogP contribution >= 0.6 is 24.0 Å². The third kappa shape index (κ3) is 5.05. The van der Waals surface area contributed by atoms with Crippen LogP contribution in [0.1, 0.15) is 25.0 Å². The standard InChI is InChI=1S/C22H23N3O2S2/c1-4-24(5-2)18-10-6-17(7-11-18)15-23-25-21(26)20(29-22(25)28)14-16-8-12-19(27-3)13-9-16/h6-15H,4-5H2,1-3H3. The van der Waals surface area contributed by atoms with E-state index in [-0.39, 0.29) is 5.91 Å². The summed E-state index contributed by atoms with van der Waals surface area (Å²) in [5, 5.41) is 5.58. The van der Waals surface area contributed by atoms with Gasteiger partial charge in [-0.25, -0.2) is 0 Å². The molecular formula is C22H23N3O2S2. The largest absolute Gasteiger partial charge is 0.497 e. The van der Waals surface area contributed by atoms with Crippen LogP contribution in [0.2, 0.25) is 0 Å². The van der Waals surface area contributed by atoms with Gasteiger partial charge in [0.1, 0.15) is 5.75 Å². The molecule has 0 N–H and O–H groups in total. The first kappa shape index (κ1) is 21.1. The van der Waals surface area contributed by atoms with Crippen LogP contribution in [-0.2, 0) is 4.79 Å². The van der Waals surface area contributed by atoms with Crippen LogP contribution in [0.5, 0.6) is 5.75 Å². The number of hydrazone groups is 1. The van der Waals surface area contributed by atoms with Crippen molar-refractivity contribution in [3.05, 3.63) is 64.6 Å². The number of benzene rings is 2. The highest BCUT2D eigenvalue weighted by molar-refractivity contribution is 8.26. The molecule has 0 spiro atoms. The molecule has 0 radical (unpaired) electrons. The zero-order valence-corrected chi connectivity index (χ0v) is 18.3. The van der Waals surface area contributed by atoms with E-state index < -0.39 is 0 Å². The van der Waals surface area contributed by atoms with Gasteiger partial charge >= 0.3 is 0 Å². The molecule has 0 unspecified atom stereocenters. The number of thioether (sulfide) groups is 1. The summed E-state index contributed by atoms with van der Waals surface area (Å²) in [7, 11) is 1.62. The summed E-state index contributed by atoms with van der Waals surface area (Å²) in [6.45, 7) is 6.18. The Hall–Kier alpha value is -2.64. The van der Waals surface area contributed by atoms with Crippen LogP contribution in [0, 0.1) is 0 Å². The highest BCUT2D eigenvalue weighted by Crippen LogP contribution is 2.33. The minimum Gasteiger partial charge on any atom is -0.497 e. The molecule has 0 saturated carbocycles. The van der Waals surface area contributed by atoms with Gasteiger partial charge in [-0.2, -0.15) is 10.1 Å². The average Bonchev–Trinajstić information content (AvgIpc) is 3.01. The SMILES string of the molecule is CCN(CC)c1ccc(C=NN2C(=O)C(=Cc3ccc(OC)cc3)SC2=S)cc1. The first-order chi connectivity index (χ1) is 14.0. The van der Waals surface area contributed by atoms with E-state index in [0.717, 1.165) is 30.0 Å². The molecule has 0 atom stereocenters. The Morgan fingerprint density at radius 1 is 1.07 bits per heavy atom. The second-order valence-corrected chi connectivity index (χ2v) is 7.95. The number of ether oxygens (including phenoxy) is 1. The Morgan fingerprint density at radius 3 is 2.28 bits per heavy atom. The molecule has 2 aromatic carbocycles. The van der Waals surface area contributed by atoms with Gasteiger partial charge < -0.3 is 9.64 Å². The van der Waals surface area contributed by atoms with Gasteiger partial charge in [-0.3, -0.25) is 4.79 Å². The topological polar surface area (TPSA) is 45.1 Å². The van der Waals surface area contributed by atoms with E-state index in [9.17, 15) is 4.79 Å². The molecule has 29 heavy (non-hydrogen) atoms. The average molecular weight is 426 g/mol. The number of nitrogens with zero attached hydrogens (tertiary/aromatic N) is 3. The lowest BCUT2D eigenvalue weighted by molar-refractivity contribution is -0.122. The summed E-state index contributed by atoms with van der Waals surface area (Å²) in [6.07, 6.45) is 3.47. The molecule has 150 valence electrons. The molecule has 1 fully saturated rings. The molecule has 0 aromatic heterocycles. The van der Waals surface area contributed by atoms with Gasteiger partial charge in [-0.15, -0.1) is 0 Å². The van der Waals surface area contributed by atoms with Gasteiger partial charge in [0.2, 0.25) is 0 Å². The Labute approximate surface area is 181 Å². The maximum atomic E-state index is 12.7. The van der Waals surface area contributed by atoms with Gasteiger partial charge in [0.05, 0.1) is 18.2 Å². The van der Waals surface area contributed by atoms with Gasteiger partial charge in [0.25, 0.3) is 5.91 Å². The van der Waals surface area contributed by atoms with Gasteiger partial charge in [-0.05, 0) is 67.5 Å². The van der Waals surface area contributed by atoms with E-state index in [1.54, 1.807) is 13.3 Å². The van der Waals surface area contributed by atoms with Gasteiger partial charge in [-0.1, -0.05) is 36.0 Å². The molecule has 1 saturated heterocycles. The monoisotopic (exact) mass is 425 g/mol. The highest BCUT2D eigenvalue weighted by Gasteiger charge is 2.32. The maximum Gasteiger partial charge on any atom is 0.286 e. The van der Waals surface area contributed by atoms with Crippen LogP contribution in [0.4, 0.5) is 5.69 Å². The minimum absolute atomic E-state index is 0.216. The number of amides is 1. The zero-order valence-electron chi connectivity index (χ0n) is 16.7. The second kappa shape index (κ2) is 9.71. The van der Waals surface area contributed by atoms with E-state index in [1.807, 2.05) is 42.5 Å². The maximum absolute atomic E-state index is 12.7. The molecular weight excluding hydrogens is 402 g/mol. The van der Waals surface area contributed by atoms with E-state index in [1.165, 1.54) is 22.5 Å². The first-order valence-corrected chi connectivity index (χ1v) is 10.6. The van der Waals surface area contributed by atoms with Gasteiger partial charge in [0, 0.05) is 18.8 Å². The van der Waals surface area contributed by atoms with Crippen molar-refractivity contribution in [1.82, 2.24) is 5.01 Å². The van der Waals surface area contributed by atoms with E-state index in [4.69, 9.17) is 17.0 Å². The molecule has 0 bridgehead atoms. The molecule has 0 aliphatic carbocycles. The fourth-order valence-electron chi connectivity index (χ4n) is 2.89. The lowest BCUT2D eigenvalue weighted by Gasteiger charge is -2.20. The molecule has 3 rings (SSSR count). The quantitative estimate of drug-likeness (QED) is 0.363. The third-order valence-electron chi connectivity index (χ3n) is 4.53. The Bertz CT molecular complexity index is 934. The molecule has 1 heterocycles. The number of carbonyl (C=O) groups excluding carboxylic acids is 1. The Balaban J connectivity index is 1.71. The number of anilines is 1. The normalized spacial score (nSPS) is 15.6. The predicted molar refractivity (Wildman–Crippen MR) is 126 cm³/mol. The van der Waals surface area contributed by atoms with Crippen molar-refractivity contribution in [2.24, 2.45) is 5.10 Å². The predicted octanol–water partition coefficient (Wildman–Crippen LogP) is 4.78. The van der Waals surface area contributed by atoms with Crippen LogP contribution in [0.25, 0.3) is 6.08 Å². The van der Waals surface area contributed by atoms with Crippen LogP contribution in [0.3, 0.4) is 0 Å². The van der Waals surface area contributed by atoms with Crippen molar-refractivity contribution in [2.45, 2.75) is 13.8 Å². The molecule has 1 aliphatic heterocycles. The first-order valence-electron chi connectivity index (χ1n) is 9.36. The van der Waals surface area contributed by atoms with Crippen molar-refractivity contribution in [1.29, 1.82) is 0 Å². The van der Waals surface area contributed by atoms with Crippen molar-refractivity contribution in [3.63, 3.8) is 0 Å². The van der Waals surface area contributed by atoms with E-state index >= 15 is 0 Å². The zero-order chi connectivity index (χ0) is 20.8. The molecule has 5 nitrogen and oxygen atoms in total. The smallest absolute Gasteiger partial charge is 0.286 e. The molecule has 7 heteroatoms. The summed E-state index contributed by atoms with van der Waals surface area (Å²) in [6, 6.07) is 15.6. The lowest BCUT2D eigenvalue weighted by Crippen LogP contribution is -2.22.